The van der Waals surface area contributed by atoms with Crippen LogP contribution in [-0.2, 0) is 4.74 Å². The molecule has 1 amide bonds. The molecule has 2 aliphatic heterocycles. The third-order valence-corrected chi connectivity index (χ3v) is 5.88. The number of anilines is 1. The molecule has 1 aromatic carbocycles. The predicted molar refractivity (Wildman–Crippen MR) is 109 cm³/mol. The minimum absolute atomic E-state index is 0.158. The van der Waals surface area contributed by atoms with E-state index in [4.69, 9.17) is 4.74 Å². The van der Waals surface area contributed by atoms with Crippen LogP contribution in [0.1, 0.15) is 20.3 Å². The summed E-state index contributed by atoms with van der Waals surface area (Å²) < 4.78 is 5.61. The topological polar surface area (TPSA) is 39.3 Å². The molecular weight excluding hydrogens is 340 g/mol. The van der Waals surface area contributed by atoms with Crippen LogP contribution in [0.2, 0.25) is 0 Å². The van der Waals surface area contributed by atoms with Gasteiger partial charge in [0.2, 0.25) is 0 Å². The fourth-order valence-corrected chi connectivity index (χ4v) is 4.09. The van der Waals surface area contributed by atoms with E-state index in [9.17, 15) is 4.79 Å². The number of amides is 1. The van der Waals surface area contributed by atoms with E-state index in [0.29, 0.717) is 12.6 Å². The van der Waals surface area contributed by atoms with E-state index in [0.717, 1.165) is 65.3 Å². The SMILES string of the molecule is CCN1CCN(CC)C(CCOC(=O)N2CCN(c3ccccc3)CC2)C1. The second kappa shape index (κ2) is 9.95. The van der Waals surface area contributed by atoms with Crippen molar-refractivity contribution >= 4 is 11.8 Å². The second-order valence-corrected chi connectivity index (χ2v) is 7.39. The number of hydrogen-bond donors (Lipinski definition) is 0. The fraction of sp³-hybridized carbons (Fsp3) is 0.667. The maximum atomic E-state index is 12.4. The van der Waals surface area contributed by atoms with Gasteiger partial charge in [0, 0.05) is 57.5 Å². The summed E-state index contributed by atoms with van der Waals surface area (Å²) in [6.07, 6.45) is 0.758. The van der Waals surface area contributed by atoms with Crippen LogP contribution in [-0.4, -0.2) is 92.3 Å². The molecule has 6 nitrogen and oxygen atoms in total. The Kier molecular flexibility index (Phi) is 7.35. The zero-order chi connectivity index (χ0) is 19.1. The molecule has 0 saturated carbocycles. The summed E-state index contributed by atoms with van der Waals surface area (Å²) in [5.74, 6) is 0. The van der Waals surface area contributed by atoms with Gasteiger partial charge in [0.05, 0.1) is 6.61 Å². The van der Waals surface area contributed by atoms with Gasteiger partial charge in [0.1, 0.15) is 0 Å². The molecule has 1 atom stereocenters. The van der Waals surface area contributed by atoms with Crippen molar-refractivity contribution in [3.05, 3.63) is 30.3 Å². The number of piperazine rings is 2. The summed E-state index contributed by atoms with van der Waals surface area (Å²) in [6.45, 7) is 13.6. The first kappa shape index (κ1) is 20.0. The van der Waals surface area contributed by atoms with Gasteiger partial charge in [-0.2, -0.15) is 0 Å². The van der Waals surface area contributed by atoms with Crippen molar-refractivity contribution in [2.75, 3.05) is 70.4 Å². The van der Waals surface area contributed by atoms with Crippen LogP contribution in [0, 0.1) is 0 Å². The molecule has 0 aliphatic carbocycles. The molecule has 150 valence electrons. The highest BCUT2D eigenvalue weighted by molar-refractivity contribution is 5.68. The molecule has 27 heavy (non-hydrogen) atoms. The summed E-state index contributed by atoms with van der Waals surface area (Å²) >= 11 is 0. The normalized spacial score (nSPS) is 22.1. The number of nitrogens with zero attached hydrogens (tertiary/aromatic N) is 4. The standard InChI is InChI=1S/C21H34N4O2/c1-3-22-11-12-23(4-2)20(18-22)10-17-27-21(26)25-15-13-24(14-16-25)19-8-6-5-7-9-19/h5-9,20H,3-4,10-18H2,1-2H3. The van der Waals surface area contributed by atoms with E-state index >= 15 is 0 Å². The minimum Gasteiger partial charge on any atom is -0.449 e. The number of rotatable bonds is 6. The van der Waals surface area contributed by atoms with E-state index in [2.05, 4.69) is 52.8 Å². The van der Waals surface area contributed by atoms with Crippen LogP contribution in [0.5, 0.6) is 0 Å². The molecule has 0 bridgehead atoms. The lowest BCUT2D eigenvalue weighted by molar-refractivity contribution is 0.0523. The van der Waals surface area contributed by atoms with Gasteiger partial charge in [-0.3, -0.25) is 4.90 Å². The Morgan fingerprint density at radius 1 is 1.00 bits per heavy atom. The van der Waals surface area contributed by atoms with E-state index in [1.54, 1.807) is 0 Å². The third kappa shape index (κ3) is 5.36. The largest absolute Gasteiger partial charge is 0.449 e. The summed E-state index contributed by atoms with van der Waals surface area (Å²) in [5.41, 5.74) is 1.22. The molecule has 0 N–H and O–H groups in total. The van der Waals surface area contributed by atoms with Crippen molar-refractivity contribution < 1.29 is 9.53 Å². The van der Waals surface area contributed by atoms with Crippen molar-refractivity contribution in [3.8, 4) is 0 Å². The van der Waals surface area contributed by atoms with Gasteiger partial charge in [-0.05, 0) is 31.6 Å². The van der Waals surface area contributed by atoms with Gasteiger partial charge >= 0.3 is 6.09 Å². The Bertz CT molecular complexity index is 575. The van der Waals surface area contributed by atoms with Gasteiger partial charge in [-0.25, -0.2) is 4.79 Å². The summed E-state index contributed by atoms with van der Waals surface area (Å²) in [7, 11) is 0. The summed E-state index contributed by atoms with van der Waals surface area (Å²) in [4.78, 5) is 21.6. The quantitative estimate of drug-likeness (QED) is 0.764. The van der Waals surface area contributed by atoms with Gasteiger partial charge in [-0.1, -0.05) is 32.0 Å². The van der Waals surface area contributed by atoms with Crippen LogP contribution in [0.3, 0.4) is 0 Å². The van der Waals surface area contributed by atoms with E-state index in [1.807, 2.05) is 11.0 Å². The number of carbonyl (C=O) groups is 1. The molecule has 0 aromatic heterocycles. The van der Waals surface area contributed by atoms with Crippen molar-refractivity contribution in [3.63, 3.8) is 0 Å². The van der Waals surface area contributed by atoms with Crippen molar-refractivity contribution in [1.82, 2.24) is 14.7 Å². The molecule has 6 heteroatoms. The average molecular weight is 375 g/mol. The zero-order valence-electron chi connectivity index (χ0n) is 16.8. The highest BCUT2D eigenvalue weighted by atomic mass is 16.6. The lowest BCUT2D eigenvalue weighted by Gasteiger charge is -2.40. The molecule has 0 radical (unpaired) electrons. The average Bonchev–Trinajstić information content (AvgIpc) is 2.74. The lowest BCUT2D eigenvalue weighted by Crippen LogP contribution is -2.53. The van der Waals surface area contributed by atoms with Gasteiger partial charge in [0.15, 0.2) is 0 Å². The summed E-state index contributed by atoms with van der Waals surface area (Å²) in [5, 5.41) is 0. The van der Waals surface area contributed by atoms with Crippen molar-refractivity contribution in [2.24, 2.45) is 0 Å². The number of benzene rings is 1. The van der Waals surface area contributed by atoms with E-state index < -0.39 is 0 Å². The molecule has 1 aromatic rings. The molecule has 3 rings (SSSR count). The molecule has 1 unspecified atom stereocenters. The minimum atomic E-state index is -0.158. The first-order chi connectivity index (χ1) is 13.2. The number of ether oxygens (including phenoxy) is 1. The van der Waals surface area contributed by atoms with Crippen molar-refractivity contribution in [1.29, 1.82) is 0 Å². The third-order valence-electron chi connectivity index (χ3n) is 5.88. The molecule has 2 fully saturated rings. The first-order valence-corrected chi connectivity index (χ1v) is 10.4. The molecule has 0 spiro atoms. The van der Waals surface area contributed by atoms with Crippen LogP contribution >= 0.6 is 0 Å². The Balaban J connectivity index is 1.39. The number of para-hydroxylation sites is 1. The first-order valence-electron chi connectivity index (χ1n) is 10.4. The molecular formula is C21H34N4O2. The molecule has 2 saturated heterocycles. The van der Waals surface area contributed by atoms with Crippen LogP contribution in [0.25, 0.3) is 0 Å². The highest BCUT2D eigenvalue weighted by Crippen LogP contribution is 2.16. The highest BCUT2D eigenvalue weighted by Gasteiger charge is 2.26. The smallest absolute Gasteiger partial charge is 0.409 e. The number of hydrogen-bond acceptors (Lipinski definition) is 5. The maximum Gasteiger partial charge on any atom is 0.409 e. The monoisotopic (exact) mass is 374 g/mol. The van der Waals surface area contributed by atoms with Crippen LogP contribution < -0.4 is 4.90 Å². The Morgan fingerprint density at radius 3 is 2.41 bits per heavy atom. The van der Waals surface area contributed by atoms with Crippen molar-refractivity contribution in [2.45, 2.75) is 26.3 Å². The maximum absolute atomic E-state index is 12.4. The number of likely N-dealkylation sites (N-methyl/N-ethyl adjacent to an activating group) is 2. The number of carbonyl (C=O) groups excluding carboxylic acids is 1. The lowest BCUT2D eigenvalue weighted by atomic mass is 10.1. The zero-order valence-corrected chi connectivity index (χ0v) is 16.8. The fourth-order valence-electron chi connectivity index (χ4n) is 4.09. The predicted octanol–water partition coefficient (Wildman–Crippen LogP) is 2.36. The van der Waals surface area contributed by atoms with Crippen LogP contribution in [0.4, 0.5) is 10.5 Å². The second-order valence-electron chi connectivity index (χ2n) is 7.39. The van der Waals surface area contributed by atoms with E-state index in [1.165, 1.54) is 5.69 Å². The Morgan fingerprint density at radius 2 is 1.74 bits per heavy atom. The summed E-state index contributed by atoms with van der Waals surface area (Å²) in [6, 6.07) is 10.9. The van der Waals surface area contributed by atoms with Gasteiger partial charge in [0.25, 0.3) is 0 Å². The van der Waals surface area contributed by atoms with Gasteiger partial charge < -0.3 is 19.4 Å². The molecule has 2 heterocycles. The van der Waals surface area contributed by atoms with E-state index in [-0.39, 0.29) is 6.09 Å². The Hall–Kier alpha value is -1.79. The Labute approximate surface area is 163 Å². The van der Waals surface area contributed by atoms with Crippen LogP contribution in [0.15, 0.2) is 30.3 Å². The van der Waals surface area contributed by atoms with Gasteiger partial charge in [-0.15, -0.1) is 0 Å². The molecule has 2 aliphatic rings.